The maximum Gasteiger partial charge on any atom is 0.236 e. The van der Waals surface area contributed by atoms with Crippen LogP contribution in [0.4, 0.5) is 0 Å². The Balaban J connectivity index is 1.96. The molecule has 0 N–H and O–H groups in total. The van der Waals surface area contributed by atoms with Crippen LogP contribution >= 0.6 is 0 Å². The molecular weight excluding hydrogens is 372 g/mol. The second-order valence-corrected chi connectivity index (χ2v) is 9.39. The van der Waals surface area contributed by atoms with Gasteiger partial charge in [0.15, 0.2) is 5.78 Å². The molecule has 0 unspecified atom stereocenters. The number of Topliss-reactive ketones (excluding diaryl/α,β-unsaturated/α-hetero) is 1. The molecule has 6 heteroatoms. The van der Waals surface area contributed by atoms with Gasteiger partial charge in [0.25, 0.3) is 0 Å². The van der Waals surface area contributed by atoms with Gasteiger partial charge in [0.2, 0.25) is 10.0 Å². The molecule has 5 nitrogen and oxygen atoms in total. The Morgan fingerprint density at radius 3 is 2.54 bits per heavy atom. The first kappa shape index (κ1) is 18.5. The molecule has 2 aromatic carbocycles. The summed E-state index contributed by atoms with van der Waals surface area (Å²) in [7, 11) is -3.59. The molecule has 1 aliphatic rings. The fourth-order valence-corrected chi connectivity index (χ4v) is 5.33. The first-order valence-electron chi connectivity index (χ1n) is 9.11. The fourth-order valence-electron chi connectivity index (χ4n) is 4.23. The second-order valence-electron chi connectivity index (χ2n) is 7.56. The van der Waals surface area contributed by atoms with Crippen LogP contribution in [0.3, 0.4) is 0 Å². The highest BCUT2D eigenvalue weighted by atomic mass is 32.2. The van der Waals surface area contributed by atoms with E-state index in [4.69, 9.17) is 0 Å². The Hall–Kier alpha value is -2.91. The zero-order valence-electron chi connectivity index (χ0n) is 15.8. The highest BCUT2D eigenvalue weighted by Gasteiger charge is 2.46. The highest BCUT2D eigenvalue weighted by Crippen LogP contribution is 2.42. The number of hydrogen-bond acceptors (Lipinski definition) is 4. The lowest BCUT2D eigenvalue weighted by Crippen LogP contribution is -2.37. The molecule has 0 saturated carbocycles. The van der Waals surface area contributed by atoms with E-state index in [-0.39, 0.29) is 5.78 Å². The van der Waals surface area contributed by atoms with Crippen LogP contribution in [-0.4, -0.2) is 24.4 Å². The predicted molar refractivity (Wildman–Crippen MR) is 108 cm³/mol. The van der Waals surface area contributed by atoms with Crippen molar-refractivity contribution < 1.29 is 13.2 Å². The van der Waals surface area contributed by atoms with Gasteiger partial charge >= 0.3 is 0 Å². The summed E-state index contributed by atoms with van der Waals surface area (Å²) in [5.41, 5.74) is 2.04. The highest BCUT2D eigenvalue weighted by molar-refractivity contribution is 7.89. The predicted octanol–water partition coefficient (Wildman–Crippen LogP) is 3.64. The lowest BCUT2D eigenvalue weighted by Gasteiger charge is -2.30. The number of nitrogens with zero attached hydrogens (tertiary/aromatic N) is 2. The van der Waals surface area contributed by atoms with Crippen LogP contribution in [0, 0.1) is 23.7 Å². The molecule has 1 aromatic heterocycles. The van der Waals surface area contributed by atoms with Gasteiger partial charge in [0.05, 0.1) is 17.8 Å². The molecule has 4 rings (SSSR count). The van der Waals surface area contributed by atoms with Crippen LogP contribution in [-0.2, 0) is 22.9 Å². The average Bonchev–Trinajstić information content (AvgIpc) is 2.99. The number of benzene rings is 2. The van der Waals surface area contributed by atoms with Gasteiger partial charge in [-0.15, -0.1) is 0 Å². The molecule has 142 valence electrons. The summed E-state index contributed by atoms with van der Waals surface area (Å²) in [6, 6.07) is 17.2. The van der Waals surface area contributed by atoms with E-state index in [1.54, 1.807) is 6.07 Å². The van der Waals surface area contributed by atoms with Gasteiger partial charge in [0, 0.05) is 16.6 Å². The number of carbonyl (C=O) groups is 1. The maximum absolute atomic E-state index is 13.6. The largest absolute Gasteiger partial charge is 0.292 e. The summed E-state index contributed by atoms with van der Waals surface area (Å²) in [6.45, 7) is 1.90. The summed E-state index contributed by atoms with van der Waals surface area (Å²) in [5, 5.41) is 10.6. The van der Waals surface area contributed by atoms with Gasteiger partial charge in [-0.05, 0) is 43.9 Å². The molecule has 1 atom stereocenters. The smallest absolute Gasteiger partial charge is 0.236 e. The Kier molecular flexibility index (Phi) is 4.16. The molecule has 0 amide bonds. The quantitative estimate of drug-likeness (QED) is 0.682. The van der Waals surface area contributed by atoms with E-state index in [9.17, 15) is 18.5 Å². The number of aryl methyl sites for hydroxylation is 1. The summed E-state index contributed by atoms with van der Waals surface area (Å²) in [4.78, 5) is 13.6. The Morgan fingerprint density at radius 1 is 1.18 bits per heavy atom. The molecule has 1 aliphatic carbocycles. The van der Waals surface area contributed by atoms with Crippen molar-refractivity contribution in [2.24, 2.45) is 5.41 Å². The van der Waals surface area contributed by atoms with Crippen LogP contribution in [0.2, 0.25) is 0 Å². The van der Waals surface area contributed by atoms with Gasteiger partial charge in [0.1, 0.15) is 5.41 Å². The number of aromatic nitrogens is 1. The van der Waals surface area contributed by atoms with Crippen molar-refractivity contribution in [3.63, 3.8) is 0 Å². The van der Waals surface area contributed by atoms with Gasteiger partial charge in [-0.2, -0.15) is 5.26 Å². The number of rotatable bonds is 3. The van der Waals surface area contributed by atoms with E-state index in [2.05, 4.69) is 6.07 Å². The zero-order chi connectivity index (χ0) is 20.1. The van der Waals surface area contributed by atoms with Crippen molar-refractivity contribution >= 4 is 26.7 Å². The van der Waals surface area contributed by atoms with Crippen molar-refractivity contribution in [1.29, 1.82) is 5.26 Å². The van der Waals surface area contributed by atoms with E-state index in [0.717, 1.165) is 17.4 Å². The lowest BCUT2D eigenvalue weighted by atomic mass is 9.69. The van der Waals surface area contributed by atoms with Crippen LogP contribution < -0.4 is 0 Å². The summed E-state index contributed by atoms with van der Waals surface area (Å²) in [5.74, 6) is -0.280. The first-order chi connectivity index (χ1) is 13.3. The van der Waals surface area contributed by atoms with E-state index >= 15 is 0 Å². The lowest BCUT2D eigenvalue weighted by molar-refractivity contribution is 0.0835. The molecule has 1 heterocycles. The molecule has 0 radical (unpaired) electrons. The van der Waals surface area contributed by atoms with Gasteiger partial charge in [-0.1, -0.05) is 42.0 Å². The van der Waals surface area contributed by atoms with Crippen LogP contribution in [0.25, 0.3) is 10.9 Å². The van der Waals surface area contributed by atoms with Crippen molar-refractivity contribution in [2.75, 3.05) is 6.26 Å². The molecule has 0 aliphatic heterocycles. The third-order valence-corrected chi connectivity index (χ3v) is 6.60. The third kappa shape index (κ3) is 2.74. The minimum atomic E-state index is -3.59. The summed E-state index contributed by atoms with van der Waals surface area (Å²) in [6.07, 6.45) is 2.13. The van der Waals surface area contributed by atoms with Crippen molar-refractivity contribution in [3.05, 3.63) is 70.9 Å². The maximum atomic E-state index is 13.6. The molecule has 0 spiro atoms. The second kappa shape index (κ2) is 6.32. The van der Waals surface area contributed by atoms with E-state index in [1.807, 2.05) is 49.4 Å². The number of ketones is 1. The van der Waals surface area contributed by atoms with Crippen molar-refractivity contribution in [1.82, 2.24) is 3.97 Å². The molecule has 0 saturated heterocycles. The van der Waals surface area contributed by atoms with Gasteiger partial charge < -0.3 is 0 Å². The first-order valence-corrected chi connectivity index (χ1v) is 11.0. The fraction of sp³-hybridized carbons (Fsp3) is 0.273. The Morgan fingerprint density at radius 2 is 1.89 bits per heavy atom. The zero-order valence-corrected chi connectivity index (χ0v) is 16.6. The monoisotopic (exact) mass is 392 g/mol. The number of hydrogen-bond donors (Lipinski definition) is 0. The van der Waals surface area contributed by atoms with Crippen LogP contribution in [0.15, 0.2) is 48.5 Å². The molecule has 0 fully saturated rings. The number of carbonyl (C=O) groups excluding carboxylic acids is 1. The van der Waals surface area contributed by atoms with Crippen LogP contribution in [0.5, 0.6) is 0 Å². The Labute approximate surface area is 164 Å². The molecular formula is C22H20N2O3S. The minimum absolute atomic E-state index is 0.280. The number of fused-ring (bicyclic) bond motifs is 3. The summed E-state index contributed by atoms with van der Waals surface area (Å²) < 4.78 is 26.2. The minimum Gasteiger partial charge on any atom is -0.292 e. The van der Waals surface area contributed by atoms with Crippen molar-refractivity contribution in [3.8, 4) is 6.07 Å². The standard InChI is InChI=1S/C22H20N2O3S/c1-15-8-9-18-17(12-15)20-19(24(18)28(2,26)27)10-11-22(14-23,21(20)25)13-16-6-4-3-5-7-16/h3-9,12H,10-11,13H2,1-2H3/t22-/m1/s1. The van der Waals surface area contributed by atoms with E-state index in [0.29, 0.717) is 41.4 Å². The van der Waals surface area contributed by atoms with Crippen molar-refractivity contribution in [2.45, 2.75) is 26.2 Å². The molecule has 3 aromatic rings. The molecule has 28 heavy (non-hydrogen) atoms. The number of nitriles is 1. The van der Waals surface area contributed by atoms with Gasteiger partial charge in [-0.25, -0.2) is 12.4 Å². The Bertz CT molecular complexity index is 1250. The van der Waals surface area contributed by atoms with E-state index < -0.39 is 15.4 Å². The topological polar surface area (TPSA) is 79.9 Å². The van der Waals surface area contributed by atoms with Crippen LogP contribution in [0.1, 0.15) is 33.6 Å². The van der Waals surface area contributed by atoms with Gasteiger partial charge in [-0.3, -0.25) is 4.79 Å². The van der Waals surface area contributed by atoms with E-state index in [1.165, 1.54) is 3.97 Å². The average molecular weight is 392 g/mol. The summed E-state index contributed by atoms with van der Waals surface area (Å²) >= 11 is 0. The molecule has 0 bridgehead atoms. The SMILES string of the molecule is Cc1ccc2c(c1)c1c(n2S(C)(=O)=O)CC[C@](C#N)(Cc2ccccc2)C1=O. The third-order valence-electron chi connectivity index (χ3n) is 5.52. The normalized spacial score (nSPS) is 19.4.